The SMILES string of the molecule is COc1c([N+](=O)[O-])cccc1S(=O)[O-].[Na+]. The van der Waals surface area contributed by atoms with Crippen molar-refractivity contribution in [3.8, 4) is 5.75 Å². The van der Waals surface area contributed by atoms with Crippen LogP contribution in [0, 0.1) is 10.1 Å². The molecule has 0 heterocycles. The minimum atomic E-state index is -2.55. The second kappa shape index (κ2) is 6.19. The van der Waals surface area contributed by atoms with E-state index in [4.69, 9.17) is 0 Å². The number of ether oxygens (including phenoxy) is 1. The Morgan fingerprint density at radius 2 is 2.07 bits per heavy atom. The van der Waals surface area contributed by atoms with E-state index in [9.17, 15) is 18.9 Å². The van der Waals surface area contributed by atoms with E-state index in [0.717, 1.165) is 0 Å². The van der Waals surface area contributed by atoms with Crippen LogP contribution < -0.4 is 34.3 Å². The molecule has 0 aliphatic heterocycles. The zero-order valence-electron chi connectivity index (χ0n) is 8.13. The van der Waals surface area contributed by atoms with Crippen molar-refractivity contribution in [2.45, 2.75) is 4.90 Å². The van der Waals surface area contributed by atoms with Gasteiger partial charge < -0.3 is 9.29 Å². The molecular formula is C7H6NNaO5S. The van der Waals surface area contributed by atoms with Crippen LogP contribution in [0.2, 0.25) is 0 Å². The average molecular weight is 239 g/mol. The van der Waals surface area contributed by atoms with Crippen molar-refractivity contribution in [3.05, 3.63) is 28.3 Å². The van der Waals surface area contributed by atoms with Gasteiger partial charge in [-0.1, -0.05) is 6.07 Å². The normalized spacial score (nSPS) is 11.3. The average Bonchev–Trinajstić information content (AvgIpc) is 2.16. The minimum Gasteiger partial charge on any atom is -0.768 e. The first-order chi connectivity index (χ1) is 6.57. The molecule has 0 amide bonds. The van der Waals surface area contributed by atoms with E-state index in [0.29, 0.717) is 0 Å². The zero-order valence-corrected chi connectivity index (χ0v) is 10.9. The van der Waals surface area contributed by atoms with E-state index in [1.807, 2.05) is 0 Å². The van der Waals surface area contributed by atoms with Crippen LogP contribution >= 0.6 is 0 Å². The molecule has 0 spiro atoms. The Kier molecular flexibility index (Phi) is 5.99. The van der Waals surface area contributed by atoms with E-state index in [2.05, 4.69) is 4.74 Å². The van der Waals surface area contributed by atoms with E-state index in [-0.39, 0.29) is 45.9 Å². The molecule has 0 bridgehead atoms. The van der Waals surface area contributed by atoms with Crippen molar-refractivity contribution in [3.63, 3.8) is 0 Å². The molecule has 0 aliphatic carbocycles. The van der Waals surface area contributed by atoms with Crippen LogP contribution in [0.3, 0.4) is 0 Å². The van der Waals surface area contributed by atoms with E-state index >= 15 is 0 Å². The molecule has 6 nitrogen and oxygen atoms in total. The number of hydrogen-bond donors (Lipinski definition) is 0. The number of rotatable bonds is 3. The second-order valence-electron chi connectivity index (χ2n) is 2.30. The summed E-state index contributed by atoms with van der Waals surface area (Å²) in [6, 6.07) is 3.69. The van der Waals surface area contributed by atoms with Crippen LogP contribution in [-0.2, 0) is 11.1 Å². The van der Waals surface area contributed by atoms with Crippen molar-refractivity contribution < 1.29 is 48.0 Å². The number of nitro benzene ring substituents is 1. The van der Waals surface area contributed by atoms with Gasteiger partial charge in [-0.25, -0.2) is 0 Å². The summed E-state index contributed by atoms with van der Waals surface area (Å²) in [6.45, 7) is 0. The van der Waals surface area contributed by atoms with E-state index in [1.165, 1.54) is 25.3 Å². The van der Waals surface area contributed by atoms with Gasteiger partial charge >= 0.3 is 35.2 Å². The molecule has 1 unspecified atom stereocenters. The molecule has 0 radical (unpaired) electrons. The Bertz CT molecular complexity index is 365. The maximum Gasteiger partial charge on any atom is 1.00 e. The molecular weight excluding hydrogens is 233 g/mol. The second-order valence-corrected chi connectivity index (χ2v) is 3.21. The maximum absolute atomic E-state index is 10.7. The number of nitro groups is 1. The maximum atomic E-state index is 10.7. The molecule has 1 rings (SSSR count). The Morgan fingerprint density at radius 3 is 2.47 bits per heavy atom. The summed E-state index contributed by atoms with van der Waals surface area (Å²) < 4.78 is 26.0. The van der Waals surface area contributed by atoms with Crippen LogP contribution in [-0.4, -0.2) is 20.8 Å². The minimum absolute atomic E-state index is 0. The summed E-state index contributed by atoms with van der Waals surface area (Å²) in [4.78, 5) is 9.56. The van der Waals surface area contributed by atoms with Crippen molar-refractivity contribution >= 4 is 16.8 Å². The van der Waals surface area contributed by atoms with Gasteiger partial charge in [0.15, 0.2) is 0 Å². The van der Waals surface area contributed by atoms with Crippen molar-refractivity contribution in [2.24, 2.45) is 0 Å². The first kappa shape index (κ1) is 14.5. The van der Waals surface area contributed by atoms with Crippen molar-refractivity contribution in [1.29, 1.82) is 0 Å². The molecule has 0 aliphatic rings. The zero-order chi connectivity index (χ0) is 10.7. The molecule has 0 saturated heterocycles. The summed E-state index contributed by atoms with van der Waals surface area (Å²) in [6.07, 6.45) is 0. The quantitative estimate of drug-likeness (QED) is 0.259. The summed E-state index contributed by atoms with van der Waals surface area (Å²) in [7, 11) is 1.18. The van der Waals surface area contributed by atoms with Crippen molar-refractivity contribution in [1.82, 2.24) is 0 Å². The number of nitrogens with zero attached hydrogens (tertiary/aromatic N) is 1. The molecule has 0 aromatic heterocycles. The number of hydrogen-bond acceptors (Lipinski definition) is 5. The predicted octanol–water partition coefficient (Wildman–Crippen LogP) is -2.15. The van der Waals surface area contributed by atoms with Gasteiger partial charge in [0.25, 0.3) is 0 Å². The van der Waals surface area contributed by atoms with Gasteiger partial charge in [-0.3, -0.25) is 14.3 Å². The van der Waals surface area contributed by atoms with Gasteiger partial charge in [-0.05, 0) is 17.1 Å². The third-order valence-electron chi connectivity index (χ3n) is 1.54. The Hall–Kier alpha value is -0.470. The number of para-hydroxylation sites is 1. The third-order valence-corrected chi connectivity index (χ3v) is 2.22. The first-order valence-electron chi connectivity index (χ1n) is 3.48. The topological polar surface area (TPSA) is 92.5 Å². The number of methoxy groups -OCH3 is 1. The fourth-order valence-electron chi connectivity index (χ4n) is 0.984. The summed E-state index contributed by atoms with van der Waals surface area (Å²) in [5.74, 6) is -0.245. The summed E-state index contributed by atoms with van der Waals surface area (Å²) in [5.41, 5.74) is -0.366. The molecule has 15 heavy (non-hydrogen) atoms. The molecule has 1 aromatic carbocycles. The van der Waals surface area contributed by atoms with Crippen LogP contribution in [0.15, 0.2) is 23.1 Å². The fraction of sp³-hybridized carbons (Fsp3) is 0.143. The van der Waals surface area contributed by atoms with Gasteiger partial charge in [0, 0.05) is 6.07 Å². The first-order valence-corrected chi connectivity index (χ1v) is 4.56. The molecule has 0 fully saturated rings. The summed E-state index contributed by atoms with van der Waals surface area (Å²) in [5, 5.41) is 10.5. The van der Waals surface area contributed by atoms with Gasteiger partial charge in [-0.15, -0.1) is 0 Å². The predicted molar refractivity (Wildman–Crippen MR) is 46.8 cm³/mol. The van der Waals surface area contributed by atoms with Gasteiger partial charge in [0.05, 0.1) is 16.9 Å². The van der Waals surface area contributed by atoms with Gasteiger partial charge in [-0.2, -0.15) is 0 Å². The Labute approximate surface area is 110 Å². The smallest absolute Gasteiger partial charge is 0.768 e. The molecule has 0 saturated carbocycles. The standard InChI is InChI=1S/C7H7NO5S.Na/c1-13-7-5(8(9)10)3-2-4-6(7)14(11)12;/h2-4H,1H3,(H,11,12);/q;+1/p-1. The molecule has 1 aromatic rings. The van der Waals surface area contributed by atoms with Gasteiger partial charge in [0.1, 0.15) is 0 Å². The molecule has 0 N–H and O–H groups in total. The molecule has 76 valence electrons. The number of benzene rings is 1. The molecule has 1 atom stereocenters. The van der Waals surface area contributed by atoms with E-state index in [1.54, 1.807) is 0 Å². The van der Waals surface area contributed by atoms with Crippen LogP contribution in [0.25, 0.3) is 0 Å². The van der Waals surface area contributed by atoms with Gasteiger partial charge in [0.2, 0.25) is 5.75 Å². The Morgan fingerprint density at radius 1 is 1.47 bits per heavy atom. The third kappa shape index (κ3) is 3.25. The Balaban J connectivity index is 0.00000196. The monoisotopic (exact) mass is 239 g/mol. The largest absolute Gasteiger partial charge is 1.00 e. The van der Waals surface area contributed by atoms with Crippen LogP contribution in [0.4, 0.5) is 5.69 Å². The van der Waals surface area contributed by atoms with Crippen LogP contribution in [0.1, 0.15) is 0 Å². The van der Waals surface area contributed by atoms with Crippen LogP contribution in [0.5, 0.6) is 5.75 Å². The van der Waals surface area contributed by atoms with E-state index < -0.39 is 16.0 Å². The summed E-state index contributed by atoms with van der Waals surface area (Å²) >= 11 is -2.55. The fourth-order valence-corrected chi connectivity index (χ4v) is 1.51. The van der Waals surface area contributed by atoms with Crippen molar-refractivity contribution in [2.75, 3.05) is 7.11 Å². The molecule has 8 heteroatoms.